The van der Waals surface area contributed by atoms with Crippen LogP contribution < -0.4 is 16.0 Å². The summed E-state index contributed by atoms with van der Waals surface area (Å²) in [7, 11) is 0. The van der Waals surface area contributed by atoms with Crippen LogP contribution >= 0.6 is 0 Å². The Balaban J connectivity index is 4.93. The summed E-state index contributed by atoms with van der Waals surface area (Å²) >= 11 is 0. The minimum absolute atomic E-state index is 0.118. The van der Waals surface area contributed by atoms with Gasteiger partial charge in [0.15, 0.2) is 0 Å². The molecule has 0 aliphatic heterocycles. The van der Waals surface area contributed by atoms with E-state index in [0.717, 1.165) is 0 Å². The van der Waals surface area contributed by atoms with Crippen LogP contribution in [0.4, 0.5) is 0 Å². The van der Waals surface area contributed by atoms with E-state index in [-0.39, 0.29) is 22.9 Å². The first kappa shape index (κ1) is 19.9. The minimum Gasteiger partial charge on any atom is -0.350 e. The van der Waals surface area contributed by atoms with Crippen LogP contribution in [0.1, 0.15) is 62.3 Å². The molecule has 0 aromatic carbocycles. The Labute approximate surface area is 129 Å². The lowest BCUT2D eigenvalue weighted by Gasteiger charge is -2.30. The van der Waals surface area contributed by atoms with Crippen molar-refractivity contribution in [3.63, 3.8) is 0 Å². The normalized spacial score (nSPS) is 14.5. The van der Waals surface area contributed by atoms with Crippen molar-refractivity contribution in [1.29, 1.82) is 0 Å². The zero-order valence-electron chi connectivity index (χ0n) is 15.1. The maximum Gasteiger partial charge on any atom is 0.244 e. The molecule has 0 aromatic heterocycles. The molecule has 1 atom stereocenters. The molecule has 21 heavy (non-hydrogen) atoms. The van der Waals surface area contributed by atoms with Gasteiger partial charge in [0.1, 0.15) is 6.04 Å². The number of nitrogens with one attached hydrogen (secondary N) is 3. The van der Waals surface area contributed by atoms with E-state index >= 15 is 0 Å². The molecule has 0 heterocycles. The fraction of sp³-hybridized carbons (Fsp3) is 0.875. The molecule has 0 fully saturated rings. The number of rotatable bonds is 4. The van der Waals surface area contributed by atoms with Crippen LogP contribution in [0, 0.1) is 5.41 Å². The molecule has 0 radical (unpaired) electrons. The largest absolute Gasteiger partial charge is 0.350 e. The molecule has 3 N–H and O–H groups in total. The first-order chi connectivity index (χ1) is 9.12. The second-order valence-electron chi connectivity index (χ2n) is 8.65. The number of hydrogen-bond acceptors (Lipinski definition) is 3. The monoisotopic (exact) mass is 299 g/mol. The molecule has 5 heteroatoms. The van der Waals surface area contributed by atoms with Crippen molar-refractivity contribution in [2.75, 3.05) is 6.54 Å². The van der Waals surface area contributed by atoms with Gasteiger partial charge in [0, 0.05) is 23.0 Å². The molecule has 0 aromatic rings. The van der Waals surface area contributed by atoms with Crippen LogP contribution in [-0.2, 0) is 9.59 Å². The third-order valence-electron chi connectivity index (χ3n) is 2.64. The van der Waals surface area contributed by atoms with Crippen molar-refractivity contribution in [1.82, 2.24) is 16.0 Å². The maximum atomic E-state index is 12.4. The van der Waals surface area contributed by atoms with Crippen LogP contribution in [-0.4, -0.2) is 35.5 Å². The summed E-state index contributed by atoms with van der Waals surface area (Å²) in [4.78, 5) is 24.5. The highest BCUT2D eigenvalue weighted by Gasteiger charge is 2.29. The Kier molecular flexibility index (Phi) is 6.42. The zero-order valence-corrected chi connectivity index (χ0v) is 15.1. The summed E-state index contributed by atoms with van der Waals surface area (Å²) in [6, 6.07) is -0.588. The molecule has 0 aliphatic carbocycles. The van der Waals surface area contributed by atoms with Crippen LogP contribution in [0.3, 0.4) is 0 Å². The summed E-state index contributed by atoms with van der Waals surface area (Å²) in [5, 5.41) is 9.03. The highest BCUT2D eigenvalue weighted by atomic mass is 16.2. The van der Waals surface area contributed by atoms with E-state index in [1.807, 2.05) is 62.3 Å². The fourth-order valence-electron chi connectivity index (χ4n) is 1.45. The van der Waals surface area contributed by atoms with Gasteiger partial charge in [-0.05, 0) is 41.5 Å². The molecule has 0 aliphatic rings. The predicted molar refractivity (Wildman–Crippen MR) is 87.0 cm³/mol. The maximum absolute atomic E-state index is 12.4. The average Bonchev–Trinajstić information content (AvgIpc) is 2.18. The van der Waals surface area contributed by atoms with Crippen molar-refractivity contribution in [2.24, 2.45) is 5.41 Å². The van der Waals surface area contributed by atoms with E-state index < -0.39 is 11.5 Å². The standard InChI is InChI=1S/C16H33N3O2/c1-14(2,3)13(21)18-11(10-17-15(4,5)6)12(20)19-16(7,8)9/h11,17H,10H2,1-9H3,(H,18,21)(H,19,20). The summed E-state index contributed by atoms with van der Waals surface area (Å²) in [6.45, 7) is 17.7. The Morgan fingerprint density at radius 1 is 0.857 bits per heavy atom. The van der Waals surface area contributed by atoms with Crippen molar-refractivity contribution in [3.8, 4) is 0 Å². The summed E-state index contributed by atoms with van der Waals surface area (Å²) in [5.74, 6) is -0.302. The molecule has 0 saturated carbocycles. The number of carbonyl (C=O) groups is 2. The van der Waals surface area contributed by atoms with Gasteiger partial charge in [-0.1, -0.05) is 20.8 Å². The quantitative estimate of drug-likeness (QED) is 0.741. The minimum atomic E-state index is -0.588. The van der Waals surface area contributed by atoms with Crippen molar-refractivity contribution in [2.45, 2.75) is 79.4 Å². The van der Waals surface area contributed by atoms with Crippen LogP contribution in [0.15, 0.2) is 0 Å². The van der Waals surface area contributed by atoms with E-state index in [9.17, 15) is 9.59 Å². The third-order valence-corrected chi connectivity index (χ3v) is 2.64. The average molecular weight is 299 g/mol. The van der Waals surface area contributed by atoms with E-state index in [1.165, 1.54) is 0 Å². The topological polar surface area (TPSA) is 70.2 Å². The smallest absolute Gasteiger partial charge is 0.244 e. The Morgan fingerprint density at radius 2 is 1.33 bits per heavy atom. The van der Waals surface area contributed by atoms with Gasteiger partial charge >= 0.3 is 0 Å². The van der Waals surface area contributed by atoms with Gasteiger partial charge in [-0.2, -0.15) is 0 Å². The zero-order chi connectivity index (χ0) is 17.1. The third kappa shape index (κ3) is 9.45. The molecule has 0 bridgehead atoms. The van der Waals surface area contributed by atoms with Crippen molar-refractivity contribution in [3.05, 3.63) is 0 Å². The SMILES string of the molecule is CC(C)(C)NCC(NC(=O)C(C)(C)C)C(=O)NC(C)(C)C. The Hall–Kier alpha value is -1.10. The van der Waals surface area contributed by atoms with E-state index in [4.69, 9.17) is 0 Å². The molecular formula is C16H33N3O2. The lowest BCUT2D eigenvalue weighted by atomic mass is 9.95. The molecule has 1 unspecified atom stereocenters. The van der Waals surface area contributed by atoms with Gasteiger partial charge in [0.2, 0.25) is 11.8 Å². The van der Waals surface area contributed by atoms with Crippen LogP contribution in [0.2, 0.25) is 0 Å². The number of amides is 2. The van der Waals surface area contributed by atoms with E-state index in [0.29, 0.717) is 6.54 Å². The van der Waals surface area contributed by atoms with Gasteiger partial charge in [-0.25, -0.2) is 0 Å². The van der Waals surface area contributed by atoms with Gasteiger partial charge in [0.25, 0.3) is 0 Å². The van der Waals surface area contributed by atoms with Crippen molar-refractivity contribution >= 4 is 11.8 Å². The van der Waals surface area contributed by atoms with Crippen LogP contribution in [0.5, 0.6) is 0 Å². The molecule has 0 rings (SSSR count). The predicted octanol–water partition coefficient (Wildman–Crippen LogP) is 1.82. The molecule has 0 saturated heterocycles. The summed E-state index contributed by atoms with van der Waals surface area (Å²) in [6.07, 6.45) is 0. The number of hydrogen-bond donors (Lipinski definition) is 3. The summed E-state index contributed by atoms with van der Waals surface area (Å²) in [5.41, 5.74) is -0.974. The van der Waals surface area contributed by atoms with Gasteiger partial charge in [-0.15, -0.1) is 0 Å². The second-order valence-corrected chi connectivity index (χ2v) is 8.65. The first-order valence-corrected chi connectivity index (χ1v) is 7.50. The fourth-order valence-corrected chi connectivity index (χ4v) is 1.45. The van der Waals surface area contributed by atoms with E-state index in [1.54, 1.807) is 0 Å². The number of carbonyl (C=O) groups excluding carboxylic acids is 2. The lowest BCUT2D eigenvalue weighted by molar-refractivity contribution is -0.134. The van der Waals surface area contributed by atoms with Crippen molar-refractivity contribution < 1.29 is 9.59 Å². The molecule has 5 nitrogen and oxygen atoms in total. The Bertz CT molecular complexity index is 370. The molecular weight excluding hydrogens is 266 g/mol. The molecule has 2 amide bonds. The first-order valence-electron chi connectivity index (χ1n) is 7.50. The molecule has 0 spiro atoms. The Morgan fingerprint density at radius 3 is 1.67 bits per heavy atom. The van der Waals surface area contributed by atoms with Crippen LogP contribution in [0.25, 0.3) is 0 Å². The highest BCUT2D eigenvalue weighted by Crippen LogP contribution is 2.13. The van der Waals surface area contributed by atoms with Gasteiger partial charge < -0.3 is 16.0 Å². The lowest BCUT2D eigenvalue weighted by Crippen LogP contribution is -2.58. The highest BCUT2D eigenvalue weighted by molar-refractivity contribution is 5.90. The van der Waals surface area contributed by atoms with Gasteiger partial charge in [0.05, 0.1) is 0 Å². The summed E-state index contributed by atoms with van der Waals surface area (Å²) < 4.78 is 0. The van der Waals surface area contributed by atoms with Gasteiger partial charge in [-0.3, -0.25) is 9.59 Å². The second kappa shape index (κ2) is 6.77. The molecule has 124 valence electrons. The van der Waals surface area contributed by atoms with E-state index in [2.05, 4.69) is 16.0 Å².